The van der Waals surface area contributed by atoms with E-state index in [9.17, 15) is 14.0 Å². The first-order valence-corrected chi connectivity index (χ1v) is 9.76. The number of carbonyl (C=O) groups is 2. The lowest BCUT2D eigenvalue weighted by Crippen LogP contribution is -2.58. The van der Waals surface area contributed by atoms with Gasteiger partial charge >= 0.3 is 0 Å². The van der Waals surface area contributed by atoms with Crippen LogP contribution in [0.25, 0.3) is 0 Å². The summed E-state index contributed by atoms with van der Waals surface area (Å²) in [6.07, 6.45) is 1.24. The Morgan fingerprint density at radius 3 is 2.92 bits per heavy atom. The number of hydrogen-bond acceptors (Lipinski definition) is 4. The lowest BCUT2D eigenvalue weighted by atomic mass is 9.95. The van der Waals surface area contributed by atoms with E-state index in [0.717, 1.165) is 19.5 Å². The molecule has 5 nitrogen and oxygen atoms in total. The van der Waals surface area contributed by atoms with Gasteiger partial charge in [-0.3, -0.25) is 9.59 Å². The van der Waals surface area contributed by atoms with Crippen LogP contribution in [0.2, 0.25) is 0 Å². The first kappa shape index (κ1) is 18.2. The molecule has 1 aromatic carbocycles. The molecule has 0 aromatic heterocycles. The molecule has 0 aliphatic carbocycles. The summed E-state index contributed by atoms with van der Waals surface area (Å²) in [4.78, 5) is 24.8. The zero-order chi connectivity index (χ0) is 17.8. The molecule has 25 heavy (non-hydrogen) atoms. The summed E-state index contributed by atoms with van der Waals surface area (Å²) in [7, 11) is 0. The minimum Gasteiger partial charge on any atom is -0.351 e. The molecule has 2 amide bonds. The third kappa shape index (κ3) is 4.52. The fourth-order valence-corrected chi connectivity index (χ4v) is 4.44. The van der Waals surface area contributed by atoms with Gasteiger partial charge < -0.3 is 16.0 Å². The Hall–Kier alpha value is -1.60. The molecule has 2 aliphatic rings. The van der Waals surface area contributed by atoms with Gasteiger partial charge in [0, 0.05) is 11.8 Å². The Morgan fingerprint density at radius 2 is 2.20 bits per heavy atom. The van der Waals surface area contributed by atoms with Crippen molar-refractivity contribution in [2.45, 2.75) is 37.1 Å². The van der Waals surface area contributed by atoms with Crippen LogP contribution in [-0.2, 0) is 16.0 Å². The van der Waals surface area contributed by atoms with Gasteiger partial charge in [0.05, 0.1) is 5.25 Å². The van der Waals surface area contributed by atoms with E-state index >= 15 is 0 Å². The van der Waals surface area contributed by atoms with Crippen molar-refractivity contribution in [3.63, 3.8) is 0 Å². The van der Waals surface area contributed by atoms with E-state index in [1.54, 1.807) is 18.2 Å². The maximum atomic E-state index is 13.8. The van der Waals surface area contributed by atoms with Crippen molar-refractivity contribution in [1.82, 2.24) is 16.0 Å². The minimum atomic E-state index is -0.517. The molecule has 0 spiro atoms. The highest BCUT2D eigenvalue weighted by Gasteiger charge is 2.34. The van der Waals surface area contributed by atoms with Crippen LogP contribution in [0.1, 0.15) is 18.9 Å². The highest BCUT2D eigenvalue weighted by molar-refractivity contribution is 8.00. The Labute approximate surface area is 151 Å². The Bertz CT molecular complexity index is 643. The monoisotopic (exact) mass is 365 g/mol. The number of benzene rings is 1. The topological polar surface area (TPSA) is 70.2 Å². The molecule has 2 heterocycles. The van der Waals surface area contributed by atoms with Crippen molar-refractivity contribution in [2.75, 3.05) is 18.8 Å². The normalized spacial score (nSPS) is 29.8. The predicted octanol–water partition coefficient (Wildman–Crippen LogP) is 1.08. The van der Waals surface area contributed by atoms with E-state index < -0.39 is 6.04 Å². The molecule has 0 radical (unpaired) electrons. The fraction of sp³-hybridized carbons (Fsp3) is 0.556. The maximum Gasteiger partial charge on any atom is 0.243 e. The predicted molar refractivity (Wildman–Crippen MR) is 96.9 cm³/mol. The van der Waals surface area contributed by atoms with Crippen LogP contribution in [-0.4, -0.2) is 48.0 Å². The zero-order valence-electron chi connectivity index (χ0n) is 14.3. The number of amides is 2. The number of nitrogens with one attached hydrogen (secondary N) is 3. The van der Waals surface area contributed by atoms with Crippen molar-refractivity contribution < 1.29 is 14.0 Å². The summed E-state index contributed by atoms with van der Waals surface area (Å²) in [6, 6.07) is 6.12. The van der Waals surface area contributed by atoms with Crippen LogP contribution >= 0.6 is 11.8 Å². The summed E-state index contributed by atoms with van der Waals surface area (Å²) >= 11 is 1.42. The molecule has 2 fully saturated rings. The minimum absolute atomic E-state index is 0.121. The standard InChI is InChI=1S/C18H24FN3O2S/c1-11-9-20-7-6-14(11)21-17(23)15-10-25-16(18(24)22-15)8-12-4-2-3-5-13(12)19/h2-5,11,14-16,20H,6-10H2,1H3,(H,21,23)(H,22,24). The van der Waals surface area contributed by atoms with E-state index in [1.165, 1.54) is 17.8 Å². The van der Waals surface area contributed by atoms with Gasteiger partial charge in [-0.25, -0.2) is 4.39 Å². The van der Waals surface area contributed by atoms with Gasteiger partial charge in [0.1, 0.15) is 11.9 Å². The van der Waals surface area contributed by atoms with Crippen LogP contribution in [0.3, 0.4) is 0 Å². The van der Waals surface area contributed by atoms with Gasteiger partial charge in [-0.15, -0.1) is 11.8 Å². The molecule has 4 unspecified atom stereocenters. The smallest absolute Gasteiger partial charge is 0.243 e. The molecular formula is C18H24FN3O2S. The third-order valence-electron chi connectivity index (χ3n) is 4.87. The second-order valence-electron chi connectivity index (χ2n) is 6.76. The molecule has 0 bridgehead atoms. The van der Waals surface area contributed by atoms with Crippen LogP contribution < -0.4 is 16.0 Å². The molecule has 136 valence electrons. The molecule has 3 rings (SSSR count). The Balaban J connectivity index is 1.53. The van der Waals surface area contributed by atoms with E-state index in [1.807, 2.05) is 0 Å². The first-order valence-electron chi connectivity index (χ1n) is 8.71. The van der Waals surface area contributed by atoms with Gasteiger partial charge in [0.25, 0.3) is 0 Å². The van der Waals surface area contributed by atoms with Crippen molar-refractivity contribution in [3.8, 4) is 0 Å². The van der Waals surface area contributed by atoms with Gasteiger partial charge in [0.15, 0.2) is 0 Å². The Kier molecular flexibility index (Phi) is 5.96. The van der Waals surface area contributed by atoms with Gasteiger partial charge in [0.2, 0.25) is 11.8 Å². The second kappa shape index (κ2) is 8.19. The largest absolute Gasteiger partial charge is 0.351 e. The van der Waals surface area contributed by atoms with Crippen LogP contribution in [0.15, 0.2) is 24.3 Å². The van der Waals surface area contributed by atoms with Crippen molar-refractivity contribution in [1.29, 1.82) is 0 Å². The number of hydrogen-bond donors (Lipinski definition) is 3. The molecule has 4 atom stereocenters. The van der Waals surface area contributed by atoms with Crippen molar-refractivity contribution in [2.24, 2.45) is 5.92 Å². The van der Waals surface area contributed by atoms with E-state index in [4.69, 9.17) is 0 Å². The lowest BCUT2D eigenvalue weighted by Gasteiger charge is -2.33. The summed E-state index contributed by atoms with van der Waals surface area (Å²) < 4.78 is 13.8. The van der Waals surface area contributed by atoms with E-state index in [0.29, 0.717) is 23.7 Å². The average Bonchev–Trinajstić information content (AvgIpc) is 2.60. The highest BCUT2D eigenvalue weighted by atomic mass is 32.2. The highest BCUT2D eigenvalue weighted by Crippen LogP contribution is 2.23. The van der Waals surface area contributed by atoms with Crippen LogP contribution in [0.4, 0.5) is 4.39 Å². The zero-order valence-corrected chi connectivity index (χ0v) is 15.1. The number of rotatable bonds is 4. The number of thioether (sulfide) groups is 1. The summed E-state index contributed by atoms with van der Waals surface area (Å²) in [5.74, 6) is 0.270. The van der Waals surface area contributed by atoms with E-state index in [-0.39, 0.29) is 28.9 Å². The van der Waals surface area contributed by atoms with Gasteiger partial charge in [-0.1, -0.05) is 25.1 Å². The molecular weight excluding hydrogens is 341 g/mol. The maximum absolute atomic E-state index is 13.8. The number of piperidine rings is 1. The first-order chi connectivity index (χ1) is 12.0. The molecule has 2 aliphatic heterocycles. The lowest BCUT2D eigenvalue weighted by molar-refractivity contribution is -0.129. The molecule has 2 saturated heterocycles. The van der Waals surface area contributed by atoms with Crippen molar-refractivity contribution >= 4 is 23.6 Å². The van der Waals surface area contributed by atoms with Crippen LogP contribution in [0, 0.1) is 11.7 Å². The summed E-state index contributed by atoms with van der Waals surface area (Å²) in [5, 5.41) is 8.81. The SMILES string of the molecule is CC1CNCCC1NC(=O)C1CSC(Cc2ccccc2F)C(=O)N1. The van der Waals surface area contributed by atoms with Gasteiger partial charge in [-0.2, -0.15) is 0 Å². The molecule has 1 aromatic rings. The Morgan fingerprint density at radius 1 is 1.40 bits per heavy atom. The van der Waals surface area contributed by atoms with E-state index in [2.05, 4.69) is 22.9 Å². The second-order valence-corrected chi connectivity index (χ2v) is 8.00. The molecule has 3 N–H and O–H groups in total. The van der Waals surface area contributed by atoms with Crippen LogP contribution in [0.5, 0.6) is 0 Å². The molecule has 0 saturated carbocycles. The number of carbonyl (C=O) groups excluding carboxylic acids is 2. The quantitative estimate of drug-likeness (QED) is 0.747. The third-order valence-corrected chi connectivity index (χ3v) is 6.17. The summed E-state index contributed by atoms with van der Waals surface area (Å²) in [6.45, 7) is 3.89. The van der Waals surface area contributed by atoms with Gasteiger partial charge in [-0.05, 0) is 43.5 Å². The van der Waals surface area contributed by atoms with Crippen molar-refractivity contribution in [3.05, 3.63) is 35.6 Å². The average molecular weight is 365 g/mol. The summed E-state index contributed by atoms with van der Waals surface area (Å²) in [5.41, 5.74) is 0.529. The molecule has 7 heteroatoms. The number of halogens is 1. The fourth-order valence-electron chi connectivity index (χ4n) is 3.26.